The van der Waals surface area contributed by atoms with E-state index in [1.165, 1.54) is 25.7 Å². The molecule has 0 saturated heterocycles. The van der Waals surface area contributed by atoms with Gasteiger partial charge in [0.1, 0.15) is 5.82 Å². The average Bonchev–Trinajstić information content (AvgIpc) is 3.15. The van der Waals surface area contributed by atoms with Gasteiger partial charge in [0.05, 0.1) is 0 Å². The standard InChI is InChI=1S/C12H16ClN3/c13-11-5-6-12(16-15-11)14-7-10(8-1-2-8)9-3-4-9/h5-6,8-10H,1-4,7H2,(H,14,16). The molecule has 0 unspecified atom stereocenters. The lowest BCUT2D eigenvalue weighted by Gasteiger charge is -2.16. The molecule has 0 radical (unpaired) electrons. The van der Waals surface area contributed by atoms with Crippen LogP contribution in [0, 0.1) is 17.8 Å². The van der Waals surface area contributed by atoms with E-state index < -0.39 is 0 Å². The predicted molar refractivity (Wildman–Crippen MR) is 64.5 cm³/mol. The second kappa shape index (κ2) is 4.21. The molecule has 3 rings (SSSR count). The van der Waals surface area contributed by atoms with Crippen LogP contribution in [0.1, 0.15) is 25.7 Å². The fourth-order valence-corrected chi connectivity index (χ4v) is 2.50. The summed E-state index contributed by atoms with van der Waals surface area (Å²) in [5.74, 6) is 3.65. The molecule has 3 nitrogen and oxygen atoms in total. The lowest BCUT2D eigenvalue weighted by Crippen LogP contribution is -2.18. The van der Waals surface area contributed by atoms with E-state index in [0.717, 1.165) is 30.1 Å². The van der Waals surface area contributed by atoms with E-state index in [9.17, 15) is 0 Å². The molecule has 1 aromatic heterocycles. The van der Waals surface area contributed by atoms with Crippen LogP contribution in [0.15, 0.2) is 12.1 Å². The molecule has 0 amide bonds. The highest BCUT2D eigenvalue weighted by Gasteiger charge is 2.40. The van der Waals surface area contributed by atoms with Crippen LogP contribution in [-0.4, -0.2) is 16.7 Å². The summed E-state index contributed by atoms with van der Waals surface area (Å²) < 4.78 is 0. The Kier molecular flexibility index (Phi) is 2.72. The van der Waals surface area contributed by atoms with Crippen molar-refractivity contribution in [3.05, 3.63) is 17.3 Å². The van der Waals surface area contributed by atoms with Gasteiger partial charge in [-0.3, -0.25) is 0 Å². The van der Waals surface area contributed by atoms with E-state index in [-0.39, 0.29) is 0 Å². The summed E-state index contributed by atoms with van der Waals surface area (Å²) in [5.41, 5.74) is 0. The minimum atomic E-state index is 0.450. The molecule has 1 heterocycles. The van der Waals surface area contributed by atoms with Gasteiger partial charge < -0.3 is 5.32 Å². The Morgan fingerprint density at radius 3 is 2.38 bits per heavy atom. The Hall–Kier alpha value is -0.830. The van der Waals surface area contributed by atoms with Crippen molar-refractivity contribution in [3.8, 4) is 0 Å². The maximum Gasteiger partial charge on any atom is 0.151 e. The smallest absolute Gasteiger partial charge is 0.151 e. The summed E-state index contributed by atoms with van der Waals surface area (Å²) in [5, 5.41) is 11.7. The van der Waals surface area contributed by atoms with Crippen molar-refractivity contribution in [2.75, 3.05) is 11.9 Å². The van der Waals surface area contributed by atoms with Crippen LogP contribution >= 0.6 is 11.6 Å². The molecule has 2 saturated carbocycles. The summed E-state index contributed by atoms with van der Waals surface area (Å²) in [6.07, 6.45) is 5.70. The summed E-state index contributed by atoms with van der Waals surface area (Å²) in [6, 6.07) is 3.67. The summed E-state index contributed by atoms with van der Waals surface area (Å²) >= 11 is 5.69. The molecule has 0 bridgehead atoms. The second-order valence-electron chi connectivity index (χ2n) is 4.96. The van der Waals surface area contributed by atoms with Crippen molar-refractivity contribution in [1.29, 1.82) is 0 Å². The van der Waals surface area contributed by atoms with Gasteiger partial charge in [-0.25, -0.2) is 0 Å². The highest BCUT2D eigenvalue weighted by molar-refractivity contribution is 6.29. The third-order valence-electron chi connectivity index (χ3n) is 3.61. The minimum absolute atomic E-state index is 0.450. The molecule has 2 fully saturated rings. The topological polar surface area (TPSA) is 37.8 Å². The molecular formula is C12H16ClN3. The summed E-state index contributed by atoms with van der Waals surface area (Å²) in [4.78, 5) is 0. The molecule has 2 aliphatic carbocycles. The van der Waals surface area contributed by atoms with Gasteiger partial charge >= 0.3 is 0 Å². The van der Waals surface area contributed by atoms with Crippen LogP contribution in [0.5, 0.6) is 0 Å². The quantitative estimate of drug-likeness (QED) is 0.856. The van der Waals surface area contributed by atoms with Crippen LogP contribution in [0.4, 0.5) is 5.82 Å². The molecule has 86 valence electrons. The van der Waals surface area contributed by atoms with Crippen molar-refractivity contribution in [2.45, 2.75) is 25.7 Å². The van der Waals surface area contributed by atoms with E-state index >= 15 is 0 Å². The number of hydrogen-bond acceptors (Lipinski definition) is 3. The SMILES string of the molecule is Clc1ccc(NCC(C2CC2)C2CC2)nn1. The molecule has 0 spiro atoms. The maximum atomic E-state index is 5.69. The first-order valence-electron chi connectivity index (χ1n) is 6.06. The molecule has 1 aromatic rings. The van der Waals surface area contributed by atoms with E-state index in [0.29, 0.717) is 5.15 Å². The van der Waals surface area contributed by atoms with Gasteiger partial charge in [0.25, 0.3) is 0 Å². The Balaban J connectivity index is 1.56. The Morgan fingerprint density at radius 2 is 1.88 bits per heavy atom. The van der Waals surface area contributed by atoms with E-state index in [1.54, 1.807) is 6.07 Å². The first-order chi connectivity index (χ1) is 7.83. The van der Waals surface area contributed by atoms with Gasteiger partial charge in [-0.1, -0.05) is 11.6 Å². The monoisotopic (exact) mass is 237 g/mol. The van der Waals surface area contributed by atoms with Crippen molar-refractivity contribution in [3.63, 3.8) is 0 Å². The van der Waals surface area contributed by atoms with Gasteiger partial charge in [0.2, 0.25) is 0 Å². The fourth-order valence-electron chi connectivity index (χ4n) is 2.40. The molecule has 16 heavy (non-hydrogen) atoms. The number of anilines is 1. The zero-order valence-electron chi connectivity index (χ0n) is 9.19. The Bertz CT molecular complexity index is 345. The second-order valence-corrected chi connectivity index (χ2v) is 5.35. The highest BCUT2D eigenvalue weighted by atomic mass is 35.5. The van der Waals surface area contributed by atoms with Crippen LogP contribution in [0.2, 0.25) is 5.15 Å². The number of nitrogens with zero attached hydrogens (tertiary/aromatic N) is 2. The number of aromatic nitrogens is 2. The van der Waals surface area contributed by atoms with Gasteiger partial charge in [-0.15, -0.1) is 10.2 Å². The van der Waals surface area contributed by atoms with Crippen LogP contribution in [-0.2, 0) is 0 Å². The largest absolute Gasteiger partial charge is 0.368 e. The lowest BCUT2D eigenvalue weighted by atomic mass is 9.98. The van der Waals surface area contributed by atoms with Crippen molar-refractivity contribution < 1.29 is 0 Å². The van der Waals surface area contributed by atoms with Gasteiger partial charge in [0, 0.05) is 6.54 Å². The van der Waals surface area contributed by atoms with E-state index in [2.05, 4.69) is 15.5 Å². The van der Waals surface area contributed by atoms with Crippen LogP contribution < -0.4 is 5.32 Å². The third-order valence-corrected chi connectivity index (χ3v) is 3.81. The average molecular weight is 238 g/mol. The molecule has 0 aromatic carbocycles. The molecule has 2 aliphatic rings. The minimum Gasteiger partial charge on any atom is -0.368 e. The van der Waals surface area contributed by atoms with Crippen molar-refractivity contribution in [2.24, 2.45) is 17.8 Å². The zero-order chi connectivity index (χ0) is 11.0. The van der Waals surface area contributed by atoms with E-state index in [4.69, 9.17) is 11.6 Å². The lowest BCUT2D eigenvalue weighted by molar-refractivity contribution is 0.427. The fraction of sp³-hybridized carbons (Fsp3) is 0.667. The molecular weight excluding hydrogens is 222 g/mol. The molecule has 4 heteroatoms. The highest BCUT2D eigenvalue weighted by Crippen LogP contribution is 2.49. The van der Waals surface area contributed by atoms with Crippen LogP contribution in [0.3, 0.4) is 0 Å². The van der Waals surface area contributed by atoms with Crippen molar-refractivity contribution in [1.82, 2.24) is 10.2 Å². The molecule has 1 N–H and O–H groups in total. The van der Waals surface area contributed by atoms with E-state index in [1.807, 2.05) is 6.07 Å². The predicted octanol–water partition coefficient (Wildman–Crippen LogP) is 2.98. The van der Waals surface area contributed by atoms with Gasteiger partial charge in [0.15, 0.2) is 5.15 Å². The van der Waals surface area contributed by atoms with Gasteiger partial charge in [-0.2, -0.15) is 0 Å². The summed E-state index contributed by atoms with van der Waals surface area (Å²) in [6.45, 7) is 1.05. The first-order valence-corrected chi connectivity index (χ1v) is 6.44. The third kappa shape index (κ3) is 2.46. The molecule has 0 atom stereocenters. The number of nitrogens with one attached hydrogen (secondary N) is 1. The Morgan fingerprint density at radius 1 is 1.19 bits per heavy atom. The number of rotatable bonds is 5. The molecule has 0 aliphatic heterocycles. The number of hydrogen-bond donors (Lipinski definition) is 1. The normalized spacial score (nSPS) is 20.1. The number of halogens is 1. The zero-order valence-corrected chi connectivity index (χ0v) is 9.95. The van der Waals surface area contributed by atoms with Crippen molar-refractivity contribution >= 4 is 17.4 Å². The van der Waals surface area contributed by atoms with Gasteiger partial charge in [-0.05, 0) is 55.6 Å². The van der Waals surface area contributed by atoms with Crippen LogP contribution in [0.25, 0.3) is 0 Å². The maximum absolute atomic E-state index is 5.69. The summed E-state index contributed by atoms with van der Waals surface area (Å²) in [7, 11) is 0. The Labute approximate surface area is 101 Å². The first kappa shape index (κ1) is 10.3.